The van der Waals surface area contributed by atoms with Crippen molar-refractivity contribution >= 4 is 5.71 Å². The van der Waals surface area contributed by atoms with Crippen molar-refractivity contribution in [2.75, 3.05) is 0 Å². The van der Waals surface area contributed by atoms with Crippen LogP contribution in [0, 0.1) is 0 Å². The molecule has 2 rings (SSSR count). The lowest BCUT2D eigenvalue weighted by atomic mass is 9.99. The Kier molecular flexibility index (Phi) is 3.79. The van der Waals surface area contributed by atoms with Gasteiger partial charge in [0.15, 0.2) is 0 Å². The van der Waals surface area contributed by atoms with Crippen molar-refractivity contribution in [1.29, 1.82) is 0 Å². The van der Waals surface area contributed by atoms with Gasteiger partial charge in [-0.05, 0) is 12.0 Å². The van der Waals surface area contributed by atoms with Crippen molar-refractivity contribution in [3.63, 3.8) is 0 Å². The van der Waals surface area contributed by atoms with Crippen molar-refractivity contribution in [3.05, 3.63) is 35.9 Å². The van der Waals surface area contributed by atoms with Crippen LogP contribution in [0.4, 0.5) is 0 Å². The maximum atomic E-state index is 10.2. The number of aliphatic hydroxyl groups is 1. The first-order chi connectivity index (χ1) is 8.23. The number of benzene rings is 1. The van der Waals surface area contributed by atoms with E-state index in [2.05, 4.69) is 12.1 Å². The average molecular weight is 233 g/mol. The molecule has 0 aliphatic carbocycles. The Morgan fingerprint density at radius 3 is 2.76 bits per heavy atom. The molecule has 1 aromatic carbocycles. The largest absolute Gasteiger partial charge is 0.360 e. The van der Waals surface area contributed by atoms with Crippen LogP contribution < -0.4 is 0 Å². The zero-order chi connectivity index (χ0) is 12.1. The predicted octanol–water partition coefficient (Wildman–Crippen LogP) is 3.08. The van der Waals surface area contributed by atoms with Crippen LogP contribution in [0.3, 0.4) is 0 Å². The van der Waals surface area contributed by atoms with Gasteiger partial charge in [-0.25, -0.2) is 0 Å². The minimum atomic E-state index is -1.08. The Bertz CT molecular complexity index is 388. The fourth-order valence-electron chi connectivity index (χ4n) is 2.04. The summed E-state index contributed by atoms with van der Waals surface area (Å²) in [5.74, 6) is -1.08. The highest BCUT2D eigenvalue weighted by Gasteiger charge is 2.36. The number of unbranched alkanes of at least 4 members (excludes halogenated alkanes) is 2. The molecule has 3 heteroatoms. The molecule has 17 heavy (non-hydrogen) atoms. The molecule has 0 amide bonds. The van der Waals surface area contributed by atoms with Crippen LogP contribution in [-0.2, 0) is 4.84 Å². The summed E-state index contributed by atoms with van der Waals surface area (Å²) in [6, 6.07) is 9.87. The molecule has 1 heterocycles. The van der Waals surface area contributed by atoms with Gasteiger partial charge in [-0.3, -0.25) is 0 Å². The van der Waals surface area contributed by atoms with E-state index in [1.807, 2.05) is 30.3 Å². The molecule has 1 unspecified atom stereocenters. The zero-order valence-corrected chi connectivity index (χ0v) is 10.2. The number of oxime groups is 1. The fraction of sp³-hybridized carbons (Fsp3) is 0.500. The lowest BCUT2D eigenvalue weighted by molar-refractivity contribution is -0.189. The molecule has 1 aliphatic rings. The minimum absolute atomic E-state index is 0.487. The van der Waals surface area contributed by atoms with Gasteiger partial charge in [0.05, 0.1) is 12.1 Å². The fourth-order valence-corrected chi connectivity index (χ4v) is 2.04. The summed E-state index contributed by atoms with van der Waals surface area (Å²) in [5, 5.41) is 14.2. The molecule has 0 bridgehead atoms. The molecular formula is C14H19NO2. The molecule has 92 valence electrons. The van der Waals surface area contributed by atoms with Gasteiger partial charge in [0.1, 0.15) is 0 Å². The van der Waals surface area contributed by atoms with Gasteiger partial charge >= 0.3 is 0 Å². The van der Waals surface area contributed by atoms with Gasteiger partial charge in [0.2, 0.25) is 5.79 Å². The maximum Gasteiger partial charge on any atom is 0.240 e. The minimum Gasteiger partial charge on any atom is -0.360 e. The molecule has 0 saturated carbocycles. The third-order valence-electron chi connectivity index (χ3n) is 3.05. The number of rotatable bonds is 5. The molecule has 0 radical (unpaired) electrons. The summed E-state index contributed by atoms with van der Waals surface area (Å²) in [5.41, 5.74) is 1.86. The van der Waals surface area contributed by atoms with Crippen molar-refractivity contribution in [3.8, 4) is 0 Å². The maximum absolute atomic E-state index is 10.2. The molecule has 0 fully saturated rings. The van der Waals surface area contributed by atoms with E-state index in [1.165, 1.54) is 0 Å². The second kappa shape index (κ2) is 5.32. The Hall–Kier alpha value is -1.35. The van der Waals surface area contributed by atoms with Crippen LogP contribution in [0.25, 0.3) is 0 Å². The summed E-state index contributed by atoms with van der Waals surface area (Å²) < 4.78 is 0. The Morgan fingerprint density at radius 2 is 2.06 bits per heavy atom. The van der Waals surface area contributed by atoms with E-state index < -0.39 is 5.79 Å². The molecule has 1 aromatic rings. The van der Waals surface area contributed by atoms with Crippen molar-refractivity contribution in [1.82, 2.24) is 0 Å². The third kappa shape index (κ3) is 3.07. The monoisotopic (exact) mass is 233 g/mol. The molecule has 1 aliphatic heterocycles. The van der Waals surface area contributed by atoms with E-state index in [9.17, 15) is 5.11 Å². The lowest BCUT2D eigenvalue weighted by Crippen LogP contribution is -2.28. The lowest BCUT2D eigenvalue weighted by Gasteiger charge is -2.19. The summed E-state index contributed by atoms with van der Waals surface area (Å²) in [7, 11) is 0. The highest BCUT2D eigenvalue weighted by atomic mass is 16.7. The Morgan fingerprint density at radius 1 is 1.29 bits per heavy atom. The standard InChI is InChI=1S/C14H19NO2/c1-2-3-7-10-14(16)11-13(15-17-14)12-8-5-4-6-9-12/h4-6,8-9,16H,2-3,7,10-11H2,1H3. The van der Waals surface area contributed by atoms with Gasteiger partial charge in [-0.2, -0.15) is 0 Å². The van der Waals surface area contributed by atoms with Gasteiger partial charge in [-0.1, -0.05) is 55.3 Å². The van der Waals surface area contributed by atoms with Crippen LogP contribution in [0.15, 0.2) is 35.5 Å². The van der Waals surface area contributed by atoms with Crippen LogP contribution in [0.5, 0.6) is 0 Å². The molecular weight excluding hydrogens is 214 g/mol. The summed E-state index contributed by atoms with van der Waals surface area (Å²) in [6.45, 7) is 2.14. The average Bonchev–Trinajstić information content (AvgIpc) is 2.74. The van der Waals surface area contributed by atoms with E-state index in [1.54, 1.807) is 0 Å². The van der Waals surface area contributed by atoms with Gasteiger partial charge < -0.3 is 9.94 Å². The van der Waals surface area contributed by atoms with Crippen molar-refractivity contribution in [2.45, 2.75) is 44.8 Å². The highest BCUT2D eigenvalue weighted by Crippen LogP contribution is 2.29. The normalized spacial score (nSPS) is 23.3. The van der Waals surface area contributed by atoms with Crippen LogP contribution in [0.2, 0.25) is 0 Å². The summed E-state index contributed by atoms with van der Waals surface area (Å²) >= 11 is 0. The number of hydrogen-bond acceptors (Lipinski definition) is 3. The molecule has 0 spiro atoms. The second-order valence-corrected chi connectivity index (χ2v) is 4.58. The van der Waals surface area contributed by atoms with E-state index in [0.717, 1.165) is 30.5 Å². The van der Waals surface area contributed by atoms with E-state index in [-0.39, 0.29) is 0 Å². The van der Waals surface area contributed by atoms with Crippen LogP contribution in [0.1, 0.15) is 44.6 Å². The summed E-state index contributed by atoms with van der Waals surface area (Å²) in [6.07, 6.45) is 4.38. The second-order valence-electron chi connectivity index (χ2n) is 4.58. The molecule has 0 saturated heterocycles. The third-order valence-corrected chi connectivity index (χ3v) is 3.05. The first kappa shape index (κ1) is 12.1. The van der Waals surface area contributed by atoms with E-state index in [4.69, 9.17) is 4.84 Å². The number of hydrogen-bond donors (Lipinski definition) is 1. The van der Waals surface area contributed by atoms with Gasteiger partial charge in [0, 0.05) is 6.42 Å². The Labute approximate surface area is 102 Å². The topological polar surface area (TPSA) is 41.8 Å². The first-order valence-electron chi connectivity index (χ1n) is 6.26. The van der Waals surface area contributed by atoms with Crippen LogP contribution >= 0.6 is 0 Å². The first-order valence-corrected chi connectivity index (χ1v) is 6.26. The van der Waals surface area contributed by atoms with Crippen molar-refractivity contribution in [2.24, 2.45) is 5.16 Å². The predicted molar refractivity (Wildman–Crippen MR) is 67.8 cm³/mol. The molecule has 1 N–H and O–H groups in total. The van der Waals surface area contributed by atoms with E-state index in [0.29, 0.717) is 12.8 Å². The van der Waals surface area contributed by atoms with Crippen LogP contribution in [-0.4, -0.2) is 16.6 Å². The zero-order valence-electron chi connectivity index (χ0n) is 10.2. The smallest absolute Gasteiger partial charge is 0.240 e. The SMILES string of the molecule is CCCCCC1(O)CC(c2ccccc2)=NO1. The van der Waals surface area contributed by atoms with Gasteiger partial charge in [0.25, 0.3) is 0 Å². The quantitative estimate of drug-likeness (QED) is 0.794. The number of nitrogens with zero attached hydrogens (tertiary/aromatic N) is 1. The molecule has 3 nitrogen and oxygen atoms in total. The van der Waals surface area contributed by atoms with E-state index >= 15 is 0 Å². The Balaban J connectivity index is 1.94. The molecule has 1 atom stereocenters. The summed E-state index contributed by atoms with van der Waals surface area (Å²) in [4.78, 5) is 5.20. The highest BCUT2D eigenvalue weighted by molar-refractivity contribution is 6.01. The van der Waals surface area contributed by atoms with Crippen molar-refractivity contribution < 1.29 is 9.94 Å². The van der Waals surface area contributed by atoms with Gasteiger partial charge in [-0.15, -0.1) is 0 Å². The molecule has 0 aromatic heterocycles.